The summed E-state index contributed by atoms with van der Waals surface area (Å²) in [5, 5.41) is 3.38. The van der Waals surface area contributed by atoms with Gasteiger partial charge in [0.1, 0.15) is 12.4 Å². The number of morpholine rings is 1. The third-order valence-electron chi connectivity index (χ3n) is 4.12. The molecule has 1 aliphatic rings. The Morgan fingerprint density at radius 3 is 2.80 bits per heavy atom. The molecule has 2 aromatic rings. The van der Waals surface area contributed by atoms with Crippen molar-refractivity contribution in [3.63, 3.8) is 0 Å². The molecule has 0 spiro atoms. The van der Waals surface area contributed by atoms with E-state index < -0.39 is 0 Å². The zero-order valence-corrected chi connectivity index (χ0v) is 14.1. The Kier molecular flexibility index (Phi) is 5.74. The van der Waals surface area contributed by atoms with Crippen molar-refractivity contribution in [1.29, 1.82) is 0 Å². The van der Waals surface area contributed by atoms with Gasteiger partial charge >= 0.3 is 0 Å². The van der Waals surface area contributed by atoms with Gasteiger partial charge in [-0.15, -0.1) is 0 Å². The van der Waals surface area contributed by atoms with Gasteiger partial charge in [0.25, 0.3) is 0 Å². The zero-order chi connectivity index (χ0) is 17.5. The molecular weight excluding hydrogens is 318 g/mol. The summed E-state index contributed by atoms with van der Waals surface area (Å²) in [7, 11) is 0. The van der Waals surface area contributed by atoms with E-state index in [0.29, 0.717) is 18.0 Å². The fraction of sp³-hybridized carbons (Fsp3) is 0.316. The van der Waals surface area contributed by atoms with Crippen LogP contribution >= 0.6 is 0 Å². The Morgan fingerprint density at radius 2 is 2.00 bits per heavy atom. The van der Waals surface area contributed by atoms with E-state index in [2.05, 4.69) is 22.3 Å². The molecule has 0 amide bonds. The number of para-hydroxylation sites is 1. The van der Waals surface area contributed by atoms with Crippen LogP contribution in [0.5, 0.6) is 5.75 Å². The molecule has 0 aliphatic carbocycles. The highest BCUT2D eigenvalue weighted by Gasteiger charge is 2.14. The highest BCUT2D eigenvalue weighted by Crippen LogP contribution is 2.29. The van der Waals surface area contributed by atoms with Gasteiger partial charge in [0.2, 0.25) is 0 Å². The lowest BCUT2D eigenvalue weighted by Crippen LogP contribution is -2.36. The minimum absolute atomic E-state index is 0.0168. The first kappa shape index (κ1) is 17.1. The lowest BCUT2D eigenvalue weighted by atomic mass is 10.1. The summed E-state index contributed by atoms with van der Waals surface area (Å²) in [6, 6.07) is 13.7. The molecule has 2 aromatic carbocycles. The Morgan fingerprint density at radius 1 is 1.20 bits per heavy atom. The van der Waals surface area contributed by atoms with Crippen molar-refractivity contribution < 1.29 is 14.3 Å². The van der Waals surface area contributed by atoms with Gasteiger partial charge in [-0.3, -0.25) is 4.79 Å². The molecule has 25 heavy (non-hydrogen) atoms. The molecule has 0 saturated carbocycles. The quantitative estimate of drug-likeness (QED) is 0.594. The fourth-order valence-corrected chi connectivity index (χ4v) is 2.90. The topological polar surface area (TPSA) is 76.8 Å². The SMILES string of the molecule is Nc1ccc(OCC=O)c(NCc2ccccc2N2CCOCC2)c1. The van der Waals surface area contributed by atoms with Gasteiger partial charge in [0, 0.05) is 31.0 Å². The number of nitrogen functional groups attached to an aromatic ring is 1. The van der Waals surface area contributed by atoms with E-state index in [1.165, 1.54) is 11.3 Å². The summed E-state index contributed by atoms with van der Waals surface area (Å²) in [6.07, 6.45) is 0.730. The number of ether oxygens (including phenoxy) is 2. The molecule has 1 fully saturated rings. The molecule has 0 bridgehead atoms. The van der Waals surface area contributed by atoms with Crippen molar-refractivity contribution in [1.82, 2.24) is 0 Å². The van der Waals surface area contributed by atoms with Crippen molar-refractivity contribution in [2.75, 3.05) is 48.9 Å². The highest BCUT2D eigenvalue weighted by molar-refractivity contribution is 5.65. The smallest absolute Gasteiger partial charge is 0.157 e. The molecule has 1 heterocycles. The van der Waals surface area contributed by atoms with Crippen molar-refractivity contribution in [3.8, 4) is 5.75 Å². The summed E-state index contributed by atoms with van der Waals surface area (Å²) in [4.78, 5) is 12.9. The molecule has 3 rings (SSSR count). The van der Waals surface area contributed by atoms with Gasteiger partial charge in [-0.2, -0.15) is 0 Å². The van der Waals surface area contributed by atoms with Crippen LogP contribution in [-0.2, 0) is 16.1 Å². The zero-order valence-electron chi connectivity index (χ0n) is 14.1. The van der Waals surface area contributed by atoms with E-state index in [0.717, 1.165) is 38.3 Å². The number of carbonyl (C=O) groups is 1. The maximum Gasteiger partial charge on any atom is 0.157 e. The average Bonchev–Trinajstić information content (AvgIpc) is 2.66. The average molecular weight is 341 g/mol. The molecule has 1 saturated heterocycles. The standard InChI is InChI=1S/C19H23N3O3/c20-16-5-6-19(25-12-9-23)17(13-16)21-14-15-3-1-2-4-18(15)22-7-10-24-11-8-22/h1-6,9,13,21H,7-8,10-12,14,20H2. The third-order valence-corrected chi connectivity index (χ3v) is 4.12. The Balaban J connectivity index is 1.75. The molecule has 132 valence electrons. The summed E-state index contributed by atoms with van der Waals surface area (Å²) < 4.78 is 10.9. The maximum absolute atomic E-state index is 10.6. The fourth-order valence-electron chi connectivity index (χ4n) is 2.90. The summed E-state index contributed by atoms with van der Waals surface area (Å²) in [5.74, 6) is 0.616. The lowest BCUT2D eigenvalue weighted by molar-refractivity contribution is -0.109. The second-order valence-electron chi connectivity index (χ2n) is 5.81. The number of nitrogens with zero attached hydrogens (tertiary/aromatic N) is 1. The number of rotatable bonds is 7. The van der Waals surface area contributed by atoms with Gasteiger partial charge in [-0.25, -0.2) is 0 Å². The molecular formula is C19H23N3O3. The molecule has 1 aliphatic heterocycles. The number of hydrogen-bond donors (Lipinski definition) is 2. The van der Waals surface area contributed by atoms with Crippen molar-refractivity contribution in [2.24, 2.45) is 0 Å². The van der Waals surface area contributed by atoms with Gasteiger partial charge in [-0.1, -0.05) is 18.2 Å². The number of anilines is 3. The van der Waals surface area contributed by atoms with E-state index >= 15 is 0 Å². The van der Waals surface area contributed by atoms with E-state index in [9.17, 15) is 4.79 Å². The Labute approximate surface area is 147 Å². The van der Waals surface area contributed by atoms with Crippen LogP contribution in [0.4, 0.5) is 17.1 Å². The number of hydrogen-bond acceptors (Lipinski definition) is 6. The van der Waals surface area contributed by atoms with Gasteiger partial charge < -0.3 is 25.4 Å². The normalized spacial score (nSPS) is 14.2. The first-order valence-electron chi connectivity index (χ1n) is 8.38. The second-order valence-corrected chi connectivity index (χ2v) is 5.81. The van der Waals surface area contributed by atoms with Crippen LogP contribution in [0.1, 0.15) is 5.56 Å². The largest absolute Gasteiger partial charge is 0.484 e. The molecule has 0 unspecified atom stereocenters. The first-order chi connectivity index (χ1) is 12.3. The van der Waals surface area contributed by atoms with E-state index in [-0.39, 0.29) is 6.61 Å². The van der Waals surface area contributed by atoms with Crippen LogP contribution in [0.15, 0.2) is 42.5 Å². The highest BCUT2D eigenvalue weighted by atomic mass is 16.5. The van der Waals surface area contributed by atoms with Crippen LogP contribution < -0.4 is 20.7 Å². The van der Waals surface area contributed by atoms with Crippen molar-refractivity contribution in [3.05, 3.63) is 48.0 Å². The summed E-state index contributed by atoms with van der Waals surface area (Å²) in [5.41, 5.74) is 9.70. The Bertz CT molecular complexity index is 715. The van der Waals surface area contributed by atoms with Crippen LogP contribution in [0.25, 0.3) is 0 Å². The van der Waals surface area contributed by atoms with E-state index in [1.807, 2.05) is 18.2 Å². The third kappa shape index (κ3) is 4.42. The number of nitrogens with one attached hydrogen (secondary N) is 1. The minimum Gasteiger partial charge on any atom is -0.484 e. The van der Waals surface area contributed by atoms with Crippen molar-refractivity contribution >= 4 is 23.3 Å². The lowest BCUT2D eigenvalue weighted by Gasteiger charge is -2.30. The second kappa shape index (κ2) is 8.39. The van der Waals surface area contributed by atoms with Crippen LogP contribution in [-0.4, -0.2) is 39.2 Å². The molecule has 3 N–H and O–H groups in total. The first-order valence-corrected chi connectivity index (χ1v) is 8.38. The molecule has 6 nitrogen and oxygen atoms in total. The van der Waals surface area contributed by atoms with Crippen LogP contribution in [0, 0.1) is 0 Å². The van der Waals surface area contributed by atoms with Gasteiger partial charge in [0.05, 0.1) is 18.9 Å². The van der Waals surface area contributed by atoms with Gasteiger partial charge in [0.15, 0.2) is 6.29 Å². The molecule has 0 aromatic heterocycles. The number of aldehydes is 1. The summed E-state index contributed by atoms with van der Waals surface area (Å²) >= 11 is 0. The predicted octanol–water partition coefficient (Wildman–Crippen LogP) is 2.30. The van der Waals surface area contributed by atoms with Gasteiger partial charge in [-0.05, 0) is 29.8 Å². The monoisotopic (exact) mass is 341 g/mol. The molecule has 0 atom stereocenters. The number of nitrogens with two attached hydrogens (primary N) is 1. The number of carbonyl (C=O) groups excluding carboxylic acids is 1. The van der Waals surface area contributed by atoms with Crippen molar-refractivity contribution in [2.45, 2.75) is 6.54 Å². The Hall–Kier alpha value is -2.73. The van der Waals surface area contributed by atoms with Crippen LogP contribution in [0.2, 0.25) is 0 Å². The predicted molar refractivity (Wildman–Crippen MR) is 99.2 cm³/mol. The number of benzene rings is 2. The molecule has 6 heteroatoms. The summed E-state index contributed by atoms with van der Waals surface area (Å²) in [6.45, 7) is 3.94. The van der Waals surface area contributed by atoms with E-state index in [4.69, 9.17) is 15.2 Å². The minimum atomic E-state index is 0.0168. The van der Waals surface area contributed by atoms with E-state index in [1.54, 1.807) is 12.1 Å². The maximum atomic E-state index is 10.6. The molecule has 0 radical (unpaired) electrons. The van der Waals surface area contributed by atoms with Crippen LogP contribution in [0.3, 0.4) is 0 Å².